The van der Waals surface area contributed by atoms with Gasteiger partial charge in [0.05, 0.1) is 16.2 Å². The monoisotopic (exact) mass is 290 g/mol. The summed E-state index contributed by atoms with van der Waals surface area (Å²) < 4.78 is 24.6. The first-order valence-corrected chi connectivity index (χ1v) is 7.66. The van der Waals surface area contributed by atoms with E-state index in [0.717, 1.165) is 0 Å². The smallest absolute Gasteiger partial charge is 0.335 e. The van der Waals surface area contributed by atoms with Crippen molar-refractivity contribution in [2.24, 2.45) is 0 Å². The van der Waals surface area contributed by atoms with E-state index in [4.69, 9.17) is 5.11 Å². The Balaban J connectivity index is 2.29. The zero-order valence-corrected chi connectivity index (χ0v) is 11.7. The molecule has 0 aliphatic carbocycles. The highest BCUT2D eigenvalue weighted by Gasteiger charge is 2.17. The second kappa shape index (κ2) is 5.46. The van der Waals surface area contributed by atoms with Gasteiger partial charge in [0, 0.05) is 0 Å². The molecule has 0 spiro atoms. The van der Waals surface area contributed by atoms with Gasteiger partial charge in [0.25, 0.3) is 0 Å². The van der Waals surface area contributed by atoms with Gasteiger partial charge < -0.3 is 5.11 Å². The van der Waals surface area contributed by atoms with Gasteiger partial charge in [-0.3, -0.25) is 0 Å². The first-order valence-electron chi connectivity index (χ1n) is 6.01. The molecule has 0 bridgehead atoms. The zero-order chi connectivity index (χ0) is 14.8. The SMILES string of the molecule is Cc1ccccc1S(=O)(=O)Cc1ccc(C(=O)O)cc1. The molecule has 1 N–H and O–H groups in total. The fourth-order valence-electron chi connectivity index (χ4n) is 1.95. The fraction of sp³-hybridized carbons (Fsp3) is 0.133. The molecule has 2 aromatic rings. The summed E-state index contributed by atoms with van der Waals surface area (Å²) in [6, 6.07) is 12.7. The van der Waals surface area contributed by atoms with Gasteiger partial charge in [0.1, 0.15) is 0 Å². The van der Waals surface area contributed by atoms with Crippen molar-refractivity contribution in [1.82, 2.24) is 0 Å². The van der Waals surface area contributed by atoms with Gasteiger partial charge in [-0.25, -0.2) is 13.2 Å². The molecule has 0 unspecified atom stereocenters. The van der Waals surface area contributed by atoms with Crippen LogP contribution in [-0.4, -0.2) is 19.5 Å². The average molecular weight is 290 g/mol. The molecule has 0 aliphatic rings. The summed E-state index contributed by atoms with van der Waals surface area (Å²) in [5.74, 6) is -1.17. The maximum absolute atomic E-state index is 12.3. The van der Waals surface area contributed by atoms with Crippen LogP contribution >= 0.6 is 0 Å². The third-order valence-electron chi connectivity index (χ3n) is 2.99. The maximum Gasteiger partial charge on any atom is 0.335 e. The van der Waals surface area contributed by atoms with Crippen LogP contribution in [0.15, 0.2) is 53.4 Å². The molecule has 20 heavy (non-hydrogen) atoms. The number of sulfone groups is 1. The van der Waals surface area contributed by atoms with Gasteiger partial charge in [-0.2, -0.15) is 0 Å². The van der Waals surface area contributed by atoms with Crippen LogP contribution in [-0.2, 0) is 15.6 Å². The Kier molecular flexibility index (Phi) is 3.90. The van der Waals surface area contributed by atoms with Crippen LogP contribution in [0.5, 0.6) is 0 Å². The second-order valence-corrected chi connectivity index (χ2v) is 6.48. The summed E-state index contributed by atoms with van der Waals surface area (Å²) >= 11 is 0. The van der Waals surface area contributed by atoms with Crippen LogP contribution in [0.2, 0.25) is 0 Å². The number of carboxylic acids is 1. The highest BCUT2D eigenvalue weighted by molar-refractivity contribution is 7.90. The highest BCUT2D eigenvalue weighted by atomic mass is 32.2. The van der Waals surface area contributed by atoms with E-state index in [1.165, 1.54) is 24.3 Å². The van der Waals surface area contributed by atoms with Gasteiger partial charge in [-0.15, -0.1) is 0 Å². The van der Waals surface area contributed by atoms with Gasteiger partial charge in [0.2, 0.25) is 0 Å². The first kappa shape index (κ1) is 14.3. The van der Waals surface area contributed by atoms with Crippen molar-refractivity contribution in [2.45, 2.75) is 17.6 Å². The molecule has 0 saturated heterocycles. The number of hydrogen-bond acceptors (Lipinski definition) is 3. The number of hydrogen-bond donors (Lipinski definition) is 1. The first-order chi connectivity index (χ1) is 9.40. The molecule has 0 heterocycles. The number of carboxylic acid groups (broad SMARTS) is 1. The second-order valence-electron chi connectivity index (χ2n) is 4.53. The van der Waals surface area contributed by atoms with Crippen LogP contribution in [0.25, 0.3) is 0 Å². The molecule has 0 radical (unpaired) electrons. The summed E-state index contributed by atoms with van der Waals surface area (Å²) in [7, 11) is -3.42. The number of benzene rings is 2. The summed E-state index contributed by atoms with van der Waals surface area (Å²) in [4.78, 5) is 11.1. The minimum absolute atomic E-state index is 0.141. The predicted octanol–water partition coefficient (Wildman–Crippen LogP) is 2.67. The van der Waals surface area contributed by atoms with E-state index < -0.39 is 15.8 Å². The molecular weight excluding hydrogens is 276 g/mol. The van der Waals surface area contributed by atoms with Crippen molar-refractivity contribution in [3.63, 3.8) is 0 Å². The summed E-state index contributed by atoms with van der Waals surface area (Å²) in [5.41, 5.74) is 1.41. The predicted molar refractivity (Wildman–Crippen MR) is 75.5 cm³/mol. The van der Waals surface area contributed by atoms with Crippen LogP contribution in [0.3, 0.4) is 0 Å². The number of carbonyl (C=O) groups is 1. The van der Waals surface area contributed by atoms with E-state index in [1.54, 1.807) is 31.2 Å². The quantitative estimate of drug-likeness (QED) is 0.939. The molecule has 2 rings (SSSR count). The van der Waals surface area contributed by atoms with Gasteiger partial charge in [0.15, 0.2) is 9.84 Å². The van der Waals surface area contributed by atoms with Gasteiger partial charge >= 0.3 is 5.97 Å². The Morgan fingerprint density at radius 3 is 2.20 bits per heavy atom. The van der Waals surface area contributed by atoms with Crippen molar-refractivity contribution in [2.75, 3.05) is 0 Å². The van der Waals surface area contributed by atoms with Crippen LogP contribution < -0.4 is 0 Å². The molecule has 0 amide bonds. The summed E-state index contributed by atoms with van der Waals surface area (Å²) in [6.07, 6.45) is 0. The van der Waals surface area contributed by atoms with Crippen molar-refractivity contribution >= 4 is 15.8 Å². The topological polar surface area (TPSA) is 71.4 Å². The third-order valence-corrected chi connectivity index (χ3v) is 4.83. The van der Waals surface area contributed by atoms with E-state index in [0.29, 0.717) is 16.0 Å². The van der Waals surface area contributed by atoms with Crippen LogP contribution in [0.4, 0.5) is 0 Å². The van der Waals surface area contributed by atoms with E-state index >= 15 is 0 Å². The lowest BCUT2D eigenvalue weighted by Gasteiger charge is -2.07. The molecule has 0 atom stereocenters. The lowest BCUT2D eigenvalue weighted by Crippen LogP contribution is -2.07. The van der Waals surface area contributed by atoms with Crippen LogP contribution in [0, 0.1) is 6.92 Å². The maximum atomic E-state index is 12.3. The molecule has 0 aliphatic heterocycles. The minimum Gasteiger partial charge on any atom is -0.478 e. The molecule has 5 heteroatoms. The van der Waals surface area contributed by atoms with Crippen molar-refractivity contribution in [3.8, 4) is 0 Å². The molecule has 0 saturated carbocycles. The van der Waals surface area contributed by atoms with E-state index in [2.05, 4.69) is 0 Å². The molecular formula is C15H14O4S. The van der Waals surface area contributed by atoms with Crippen molar-refractivity contribution in [1.29, 1.82) is 0 Å². The molecule has 4 nitrogen and oxygen atoms in total. The average Bonchev–Trinajstić information content (AvgIpc) is 2.39. The Hall–Kier alpha value is -2.14. The van der Waals surface area contributed by atoms with E-state index in [-0.39, 0.29) is 11.3 Å². The largest absolute Gasteiger partial charge is 0.478 e. The Bertz CT molecular complexity index is 731. The minimum atomic E-state index is -3.42. The van der Waals surface area contributed by atoms with E-state index in [1.807, 2.05) is 0 Å². The Morgan fingerprint density at radius 2 is 1.65 bits per heavy atom. The third kappa shape index (κ3) is 3.05. The zero-order valence-electron chi connectivity index (χ0n) is 10.9. The van der Waals surface area contributed by atoms with Crippen LogP contribution in [0.1, 0.15) is 21.5 Å². The fourth-order valence-corrected chi connectivity index (χ4v) is 3.58. The lowest BCUT2D eigenvalue weighted by molar-refractivity contribution is 0.0697. The summed E-state index contributed by atoms with van der Waals surface area (Å²) in [5, 5.41) is 8.80. The molecule has 0 aromatic heterocycles. The standard InChI is InChI=1S/C15H14O4S/c1-11-4-2-3-5-14(11)20(18,19)10-12-6-8-13(9-7-12)15(16)17/h2-9H,10H2,1H3,(H,16,17). The normalized spacial score (nSPS) is 11.2. The molecule has 0 fully saturated rings. The Morgan fingerprint density at radius 1 is 1.05 bits per heavy atom. The highest BCUT2D eigenvalue weighted by Crippen LogP contribution is 2.20. The lowest BCUT2D eigenvalue weighted by atomic mass is 10.1. The van der Waals surface area contributed by atoms with Gasteiger partial charge in [-0.05, 0) is 36.2 Å². The number of aromatic carboxylic acids is 1. The number of aryl methyl sites for hydroxylation is 1. The summed E-state index contributed by atoms with van der Waals surface area (Å²) in [6.45, 7) is 1.75. The molecule has 104 valence electrons. The molecule has 2 aromatic carbocycles. The van der Waals surface area contributed by atoms with E-state index in [9.17, 15) is 13.2 Å². The Labute approximate surface area is 117 Å². The van der Waals surface area contributed by atoms with Crippen molar-refractivity contribution < 1.29 is 18.3 Å². The van der Waals surface area contributed by atoms with Crippen molar-refractivity contribution in [3.05, 3.63) is 65.2 Å². The number of rotatable bonds is 4. The van der Waals surface area contributed by atoms with Gasteiger partial charge in [-0.1, -0.05) is 30.3 Å².